The summed E-state index contributed by atoms with van der Waals surface area (Å²) in [6.45, 7) is 1.68. The number of hydrogen-bond donors (Lipinski definition) is 0. The highest BCUT2D eigenvalue weighted by Gasteiger charge is 2.00. The molecule has 0 unspecified atom stereocenters. The number of esters is 1. The third-order valence-corrected chi connectivity index (χ3v) is 2.83. The average molecular weight is 304 g/mol. The molecule has 0 spiro atoms. The van der Waals surface area contributed by atoms with Crippen LogP contribution in [-0.4, -0.2) is 17.9 Å². The van der Waals surface area contributed by atoms with Crippen molar-refractivity contribution in [2.75, 3.05) is 11.9 Å². The summed E-state index contributed by atoms with van der Waals surface area (Å²) in [6, 6.07) is 7.53. The third kappa shape index (κ3) is 4.37. The minimum absolute atomic E-state index is 0.277. The topological polar surface area (TPSA) is 26.3 Å². The summed E-state index contributed by atoms with van der Waals surface area (Å²) in [5.74, 6) is -0.277. The van der Waals surface area contributed by atoms with E-state index in [1.165, 1.54) is 6.92 Å². The highest BCUT2D eigenvalue weighted by atomic mass is 79.9. The number of ether oxygens (including phenoxy) is 1. The van der Waals surface area contributed by atoms with Crippen LogP contribution in [0, 0.1) is 0 Å². The van der Waals surface area contributed by atoms with Crippen LogP contribution in [0.1, 0.15) is 12.5 Å². The predicted molar refractivity (Wildman–Crippen MR) is 69.9 cm³/mol. The van der Waals surface area contributed by atoms with Crippen molar-refractivity contribution in [2.45, 2.75) is 6.92 Å². The van der Waals surface area contributed by atoms with E-state index in [2.05, 4.69) is 15.9 Å². The third-order valence-electron chi connectivity index (χ3n) is 1.98. The molecular weight excluding hydrogens is 291 g/mol. The van der Waals surface area contributed by atoms with Gasteiger partial charge in [0.1, 0.15) is 6.61 Å². The van der Waals surface area contributed by atoms with E-state index in [-0.39, 0.29) is 5.97 Å². The molecule has 1 rings (SSSR count). The van der Waals surface area contributed by atoms with E-state index in [0.29, 0.717) is 17.0 Å². The number of rotatable bonds is 4. The lowest BCUT2D eigenvalue weighted by molar-refractivity contribution is -0.139. The molecule has 0 saturated carbocycles. The lowest BCUT2D eigenvalue weighted by atomic mass is 10.1. The molecule has 0 aliphatic rings. The van der Waals surface area contributed by atoms with Gasteiger partial charge in [0.2, 0.25) is 0 Å². The van der Waals surface area contributed by atoms with Gasteiger partial charge in [-0.2, -0.15) is 0 Å². The Bertz CT molecular complexity index is 385. The monoisotopic (exact) mass is 302 g/mol. The molecule has 1 aromatic rings. The van der Waals surface area contributed by atoms with Crippen molar-refractivity contribution in [3.63, 3.8) is 0 Å². The molecule has 0 amide bonds. The van der Waals surface area contributed by atoms with Crippen LogP contribution in [0.25, 0.3) is 5.57 Å². The van der Waals surface area contributed by atoms with E-state index < -0.39 is 0 Å². The van der Waals surface area contributed by atoms with Gasteiger partial charge in [0.15, 0.2) is 0 Å². The molecule has 16 heavy (non-hydrogen) atoms. The predicted octanol–water partition coefficient (Wildman–Crippen LogP) is 3.68. The van der Waals surface area contributed by atoms with Crippen molar-refractivity contribution in [1.82, 2.24) is 0 Å². The summed E-state index contributed by atoms with van der Waals surface area (Å²) in [5.41, 5.74) is 2.13. The van der Waals surface area contributed by atoms with Crippen LogP contribution in [0.3, 0.4) is 0 Å². The molecule has 0 aromatic heterocycles. The van der Waals surface area contributed by atoms with Gasteiger partial charge < -0.3 is 4.74 Å². The van der Waals surface area contributed by atoms with E-state index >= 15 is 0 Å². The SMILES string of the molecule is CC(=O)OC/C=C(/CBr)c1ccc(Cl)cc1. The van der Waals surface area contributed by atoms with Gasteiger partial charge in [-0.05, 0) is 29.3 Å². The molecule has 86 valence electrons. The van der Waals surface area contributed by atoms with Gasteiger partial charge in [-0.3, -0.25) is 4.79 Å². The normalized spacial score (nSPS) is 11.3. The number of carbonyl (C=O) groups excluding carboxylic acids is 1. The van der Waals surface area contributed by atoms with E-state index in [0.717, 1.165) is 11.1 Å². The Labute approximate surface area is 108 Å². The molecule has 4 heteroatoms. The van der Waals surface area contributed by atoms with Gasteiger partial charge in [-0.25, -0.2) is 0 Å². The Morgan fingerprint density at radius 3 is 2.56 bits per heavy atom. The second-order valence-corrected chi connectivity index (χ2v) is 4.17. The van der Waals surface area contributed by atoms with Gasteiger partial charge in [0.25, 0.3) is 0 Å². The first kappa shape index (κ1) is 13.3. The summed E-state index contributed by atoms with van der Waals surface area (Å²) < 4.78 is 4.86. The van der Waals surface area contributed by atoms with E-state index in [1.807, 2.05) is 30.3 Å². The molecule has 2 nitrogen and oxygen atoms in total. The molecular formula is C12H12BrClO2. The van der Waals surface area contributed by atoms with Crippen LogP contribution in [0.5, 0.6) is 0 Å². The maximum atomic E-state index is 10.6. The summed E-state index contributed by atoms with van der Waals surface area (Å²) in [4.78, 5) is 10.6. The van der Waals surface area contributed by atoms with Crippen LogP contribution in [0.15, 0.2) is 30.3 Å². The fourth-order valence-corrected chi connectivity index (χ4v) is 1.85. The minimum Gasteiger partial charge on any atom is -0.462 e. The number of hydrogen-bond acceptors (Lipinski definition) is 2. The largest absolute Gasteiger partial charge is 0.462 e. The Morgan fingerprint density at radius 2 is 2.06 bits per heavy atom. The van der Waals surface area contributed by atoms with Crippen LogP contribution < -0.4 is 0 Å². The first-order valence-electron chi connectivity index (χ1n) is 4.78. The van der Waals surface area contributed by atoms with Crippen LogP contribution in [0.2, 0.25) is 5.02 Å². The fraction of sp³-hybridized carbons (Fsp3) is 0.250. The van der Waals surface area contributed by atoms with Crippen LogP contribution >= 0.6 is 27.5 Å². The fourth-order valence-electron chi connectivity index (χ4n) is 1.17. The van der Waals surface area contributed by atoms with Gasteiger partial charge in [0, 0.05) is 17.3 Å². The zero-order valence-corrected chi connectivity index (χ0v) is 11.2. The maximum Gasteiger partial charge on any atom is 0.302 e. The first-order valence-corrected chi connectivity index (χ1v) is 6.27. The number of alkyl halides is 1. The Kier molecular flexibility index (Phi) is 5.56. The van der Waals surface area contributed by atoms with Gasteiger partial charge in [0.05, 0.1) is 0 Å². The summed E-state index contributed by atoms with van der Waals surface area (Å²) in [6.07, 6.45) is 1.87. The first-order chi connectivity index (χ1) is 7.63. The van der Waals surface area contributed by atoms with Gasteiger partial charge >= 0.3 is 5.97 Å². The summed E-state index contributed by atoms with van der Waals surface area (Å²) >= 11 is 9.20. The average Bonchev–Trinajstić information content (AvgIpc) is 2.26. The van der Waals surface area contributed by atoms with Gasteiger partial charge in [-0.15, -0.1) is 0 Å². The van der Waals surface area contributed by atoms with E-state index in [4.69, 9.17) is 16.3 Å². The van der Waals surface area contributed by atoms with Gasteiger partial charge in [-0.1, -0.05) is 39.7 Å². The van der Waals surface area contributed by atoms with Crippen molar-refractivity contribution in [3.05, 3.63) is 40.9 Å². The maximum absolute atomic E-state index is 10.6. The molecule has 0 N–H and O–H groups in total. The molecule has 0 bridgehead atoms. The smallest absolute Gasteiger partial charge is 0.302 e. The number of benzene rings is 1. The standard InChI is InChI=1S/C12H12BrClO2/c1-9(15)16-7-6-11(8-13)10-2-4-12(14)5-3-10/h2-6H,7-8H2,1H3/b11-6-. The second-order valence-electron chi connectivity index (χ2n) is 3.17. The lowest BCUT2D eigenvalue weighted by Crippen LogP contribution is -1.99. The van der Waals surface area contributed by atoms with Crippen molar-refractivity contribution < 1.29 is 9.53 Å². The molecule has 0 saturated heterocycles. The number of halogens is 2. The van der Waals surface area contributed by atoms with E-state index in [9.17, 15) is 4.79 Å². The minimum atomic E-state index is -0.277. The van der Waals surface area contributed by atoms with E-state index in [1.54, 1.807) is 0 Å². The summed E-state index contributed by atoms with van der Waals surface area (Å²) in [7, 11) is 0. The molecule has 0 heterocycles. The molecule has 0 aliphatic heterocycles. The molecule has 0 aliphatic carbocycles. The van der Waals surface area contributed by atoms with Crippen LogP contribution in [-0.2, 0) is 9.53 Å². The van der Waals surface area contributed by atoms with Crippen LogP contribution in [0.4, 0.5) is 0 Å². The molecule has 0 radical (unpaired) electrons. The van der Waals surface area contributed by atoms with Crippen molar-refractivity contribution >= 4 is 39.1 Å². The number of allylic oxidation sites excluding steroid dienone is 1. The summed E-state index contributed by atoms with van der Waals surface area (Å²) in [5, 5.41) is 1.41. The molecule has 0 atom stereocenters. The van der Waals surface area contributed by atoms with Crippen molar-refractivity contribution in [3.8, 4) is 0 Å². The zero-order chi connectivity index (χ0) is 12.0. The molecule has 0 fully saturated rings. The second kappa shape index (κ2) is 6.71. The Balaban J connectivity index is 2.73. The lowest BCUT2D eigenvalue weighted by Gasteiger charge is -2.05. The van der Waals surface area contributed by atoms with Crippen molar-refractivity contribution in [2.24, 2.45) is 0 Å². The Hall–Kier alpha value is -0.800. The number of carbonyl (C=O) groups is 1. The quantitative estimate of drug-likeness (QED) is 0.626. The Morgan fingerprint density at radius 1 is 1.44 bits per heavy atom. The van der Waals surface area contributed by atoms with Crippen molar-refractivity contribution in [1.29, 1.82) is 0 Å². The highest BCUT2D eigenvalue weighted by Crippen LogP contribution is 2.19. The zero-order valence-electron chi connectivity index (χ0n) is 8.87. The molecule has 1 aromatic carbocycles. The highest BCUT2D eigenvalue weighted by molar-refractivity contribution is 9.09.